The van der Waals surface area contributed by atoms with Gasteiger partial charge in [0.05, 0.1) is 23.3 Å². The number of hydrogen-bond acceptors (Lipinski definition) is 4. The van der Waals surface area contributed by atoms with Crippen LogP contribution in [-0.4, -0.2) is 34.6 Å². The highest BCUT2D eigenvalue weighted by Crippen LogP contribution is 2.36. The van der Waals surface area contributed by atoms with Gasteiger partial charge in [0.1, 0.15) is 12.4 Å². The summed E-state index contributed by atoms with van der Waals surface area (Å²) in [6, 6.07) is 15.4. The summed E-state index contributed by atoms with van der Waals surface area (Å²) in [5.74, 6) is 0.393. The Kier molecular flexibility index (Phi) is 5.17. The highest BCUT2D eigenvalue weighted by Gasteiger charge is 2.35. The summed E-state index contributed by atoms with van der Waals surface area (Å²) in [5, 5.41) is 0. The number of fused-ring (bicyclic) bond motifs is 1. The number of rotatable bonds is 5. The standard InChI is InChI=1S/C21H20BrN3O3/c1-2-28-20(27)13-25-18-10-6-4-8-16(18)23-21(25)14-11-19(26)24(12-14)17-9-5-3-7-15(17)22/h3-10,14H,2,11-13H2,1H3/t14-/m0/s1. The third kappa shape index (κ3) is 3.42. The van der Waals surface area contributed by atoms with Gasteiger partial charge in [0.15, 0.2) is 0 Å². The average molecular weight is 442 g/mol. The zero-order valence-corrected chi connectivity index (χ0v) is 17.1. The van der Waals surface area contributed by atoms with Crippen LogP contribution in [0.25, 0.3) is 11.0 Å². The van der Waals surface area contributed by atoms with Crippen molar-refractivity contribution in [2.45, 2.75) is 25.8 Å². The van der Waals surface area contributed by atoms with E-state index in [1.54, 1.807) is 11.8 Å². The third-order valence-corrected chi connectivity index (χ3v) is 5.58. The first-order chi connectivity index (χ1) is 13.6. The first-order valence-corrected chi connectivity index (χ1v) is 10.0. The molecule has 1 aliphatic heterocycles. The molecule has 2 heterocycles. The van der Waals surface area contributed by atoms with E-state index in [4.69, 9.17) is 9.72 Å². The van der Waals surface area contributed by atoms with Crippen LogP contribution >= 0.6 is 15.9 Å². The van der Waals surface area contributed by atoms with Crippen LogP contribution in [0.5, 0.6) is 0 Å². The third-order valence-electron chi connectivity index (χ3n) is 4.91. The van der Waals surface area contributed by atoms with E-state index in [2.05, 4.69) is 15.9 Å². The molecule has 0 saturated carbocycles. The minimum absolute atomic E-state index is 0.0478. The minimum atomic E-state index is -0.307. The number of para-hydroxylation sites is 3. The molecule has 4 rings (SSSR count). The molecule has 1 saturated heterocycles. The number of carbonyl (C=O) groups excluding carboxylic acids is 2. The second kappa shape index (κ2) is 7.75. The molecule has 6 nitrogen and oxygen atoms in total. The van der Waals surface area contributed by atoms with Crippen LogP contribution in [0.4, 0.5) is 5.69 Å². The van der Waals surface area contributed by atoms with Crippen molar-refractivity contribution in [3.05, 3.63) is 58.8 Å². The smallest absolute Gasteiger partial charge is 0.326 e. The van der Waals surface area contributed by atoms with Gasteiger partial charge >= 0.3 is 5.97 Å². The molecule has 1 aromatic heterocycles. The number of anilines is 1. The number of hydrogen-bond donors (Lipinski definition) is 0. The lowest BCUT2D eigenvalue weighted by Gasteiger charge is -2.18. The van der Waals surface area contributed by atoms with Crippen LogP contribution in [0.2, 0.25) is 0 Å². The molecular weight excluding hydrogens is 422 g/mol. The highest BCUT2D eigenvalue weighted by atomic mass is 79.9. The van der Waals surface area contributed by atoms with E-state index in [0.29, 0.717) is 19.6 Å². The van der Waals surface area contributed by atoms with E-state index in [1.807, 2.05) is 53.1 Å². The van der Waals surface area contributed by atoms with Crippen LogP contribution in [-0.2, 0) is 20.9 Å². The van der Waals surface area contributed by atoms with Crippen molar-refractivity contribution in [3.63, 3.8) is 0 Å². The Morgan fingerprint density at radius 2 is 1.96 bits per heavy atom. The van der Waals surface area contributed by atoms with Crippen molar-refractivity contribution in [3.8, 4) is 0 Å². The quantitative estimate of drug-likeness (QED) is 0.563. The van der Waals surface area contributed by atoms with E-state index in [1.165, 1.54) is 0 Å². The van der Waals surface area contributed by atoms with E-state index >= 15 is 0 Å². The molecule has 1 atom stereocenters. The molecule has 0 unspecified atom stereocenters. The molecule has 0 radical (unpaired) electrons. The molecular formula is C21H20BrN3O3. The molecule has 28 heavy (non-hydrogen) atoms. The summed E-state index contributed by atoms with van der Waals surface area (Å²) in [6.07, 6.45) is 0.355. The first kappa shape index (κ1) is 18.7. The Balaban J connectivity index is 1.70. The number of amides is 1. The Morgan fingerprint density at radius 1 is 1.21 bits per heavy atom. The van der Waals surface area contributed by atoms with Crippen molar-refractivity contribution >= 4 is 44.5 Å². The molecule has 7 heteroatoms. The van der Waals surface area contributed by atoms with Crippen molar-refractivity contribution in [1.82, 2.24) is 9.55 Å². The van der Waals surface area contributed by atoms with E-state index < -0.39 is 0 Å². The maximum atomic E-state index is 12.7. The fourth-order valence-electron chi connectivity index (χ4n) is 3.69. The predicted octanol–water partition coefficient (Wildman–Crippen LogP) is 3.88. The van der Waals surface area contributed by atoms with Gasteiger partial charge in [-0.2, -0.15) is 0 Å². The van der Waals surface area contributed by atoms with Gasteiger partial charge in [0.25, 0.3) is 0 Å². The van der Waals surface area contributed by atoms with Crippen molar-refractivity contribution in [2.24, 2.45) is 0 Å². The van der Waals surface area contributed by atoms with Crippen molar-refractivity contribution in [2.75, 3.05) is 18.1 Å². The van der Waals surface area contributed by atoms with Gasteiger partial charge in [0.2, 0.25) is 5.91 Å². The SMILES string of the molecule is CCOC(=O)Cn1c([C@H]2CC(=O)N(c3ccccc3Br)C2)nc2ccccc21. The molecule has 2 aromatic carbocycles. The Labute approximate surface area is 171 Å². The van der Waals surface area contributed by atoms with Gasteiger partial charge < -0.3 is 14.2 Å². The molecule has 144 valence electrons. The number of carbonyl (C=O) groups is 2. The summed E-state index contributed by atoms with van der Waals surface area (Å²) in [4.78, 5) is 31.4. The van der Waals surface area contributed by atoms with Crippen LogP contribution in [0, 0.1) is 0 Å². The maximum Gasteiger partial charge on any atom is 0.326 e. The van der Waals surface area contributed by atoms with Gasteiger partial charge in [-0.15, -0.1) is 0 Å². The molecule has 1 amide bonds. The predicted molar refractivity (Wildman–Crippen MR) is 110 cm³/mol. The van der Waals surface area contributed by atoms with E-state index in [9.17, 15) is 9.59 Å². The maximum absolute atomic E-state index is 12.7. The number of nitrogens with zero attached hydrogens (tertiary/aromatic N) is 3. The van der Waals surface area contributed by atoms with Crippen LogP contribution in [0.3, 0.4) is 0 Å². The normalized spacial score (nSPS) is 16.7. The van der Waals surface area contributed by atoms with E-state index in [0.717, 1.165) is 27.0 Å². The summed E-state index contributed by atoms with van der Waals surface area (Å²) in [5.41, 5.74) is 2.54. The van der Waals surface area contributed by atoms with E-state index in [-0.39, 0.29) is 24.3 Å². The second-order valence-electron chi connectivity index (χ2n) is 6.71. The van der Waals surface area contributed by atoms with Crippen molar-refractivity contribution in [1.29, 1.82) is 0 Å². The number of esters is 1. The largest absolute Gasteiger partial charge is 0.465 e. The molecule has 0 aliphatic carbocycles. The summed E-state index contributed by atoms with van der Waals surface area (Å²) >= 11 is 3.53. The first-order valence-electron chi connectivity index (χ1n) is 9.24. The fraction of sp³-hybridized carbons (Fsp3) is 0.286. The van der Waals surface area contributed by atoms with Gasteiger partial charge in [-0.1, -0.05) is 24.3 Å². The molecule has 0 spiro atoms. The Bertz CT molecular complexity index is 1050. The number of halogens is 1. The lowest BCUT2D eigenvalue weighted by Crippen LogP contribution is -2.25. The zero-order valence-electron chi connectivity index (χ0n) is 15.5. The molecule has 1 aliphatic rings. The summed E-state index contributed by atoms with van der Waals surface area (Å²) in [6.45, 7) is 2.73. The number of ether oxygens (including phenoxy) is 1. The van der Waals surface area contributed by atoms with Gasteiger partial charge in [-0.05, 0) is 47.1 Å². The molecule has 3 aromatic rings. The number of imidazole rings is 1. The molecule has 0 N–H and O–H groups in total. The topological polar surface area (TPSA) is 64.4 Å². The number of benzene rings is 2. The second-order valence-corrected chi connectivity index (χ2v) is 7.56. The number of aromatic nitrogens is 2. The molecule has 1 fully saturated rings. The van der Waals surface area contributed by atoms with Gasteiger partial charge in [0, 0.05) is 23.4 Å². The van der Waals surface area contributed by atoms with Crippen LogP contribution in [0.1, 0.15) is 25.1 Å². The fourth-order valence-corrected chi connectivity index (χ4v) is 4.19. The zero-order chi connectivity index (χ0) is 19.7. The lowest BCUT2D eigenvalue weighted by molar-refractivity contribution is -0.143. The molecule has 0 bridgehead atoms. The summed E-state index contributed by atoms with van der Waals surface area (Å²) < 4.78 is 7.90. The average Bonchev–Trinajstić information content (AvgIpc) is 3.23. The van der Waals surface area contributed by atoms with Gasteiger partial charge in [-0.3, -0.25) is 9.59 Å². The van der Waals surface area contributed by atoms with Crippen LogP contribution < -0.4 is 4.90 Å². The van der Waals surface area contributed by atoms with Gasteiger partial charge in [-0.25, -0.2) is 4.98 Å². The highest BCUT2D eigenvalue weighted by molar-refractivity contribution is 9.10. The summed E-state index contributed by atoms with van der Waals surface area (Å²) in [7, 11) is 0. The van der Waals surface area contributed by atoms with Crippen molar-refractivity contribution < 1.29 is 14.3 Å². The minimum Gasteiger partial charge on any atom is -0.465 e. The lowest BCUT2D eigenvalue weighted by atomic mass is 10.1. The Morgan fingerprint density at radius 3 is 2.75 bits per heavy atom. The van der Waals surface area contributed by atoms with Crippen LogP contribution in [0.15, 0.2) is 53.0 Å². The monoisotopic (exact) mass is 441 g/mol. The Hall–Kier alpha value is -2.67.